The second-order valence-electron chi connectivity index (χ2n) is 5.44. The third kappa shape index (κ3) is 4.96. The number of benzene rings is 1. The van der Waals surface area contributed by atoms with E-state index in [1.807, 2.05) is 13.0 Å². The van der Waals surface area contributed by atoms with E-state index < -0.39 is 5.91 Å². The Morgan fingerprint density at radius 2 is 2.07 bits per heavy atom. The molecule has 0 spiro atoms. The van der Waals surface area contributed by atoms with Gasteiger partial charge >= 0.3 is 0 Å². The first-order valence-electron chi connectivity index (χ1n) is 8.23. The first kappa shape index (κ1) is 19.1. The van der Waals surface area contributed by atoms with Gasteiger partial charge in [-0.15, -0.1) is 0 Å². The minimum Gasteiger partial charge on any atom is -0.478 e. The summed E-state index contributed by atoms with van der Waals surface area (Å²) >= 11 is 12.0. The molecule has 0 bridgehead atoms. The van der Waals surface area contributed by atoms with Crippen molar-refractivity contribution in [3.05, 3.63) is 58.0 Å². The van der Waals surface area contributed by atoms with E-state index in [1.54, 1.807) is 30.3 Å². The topological polar surface area (TPSA) is 90.1 Å². The lowest BCUT2D eigenvalue weighted by Gasteiger charge is -2.07. The fourth-order valence-corrected chi connectivity index (χ4v) is 2.66. The molecule has 0 atom stereocenters. The minimum absolute atomic E-state index is 0.104. The zero-order chi connectivity index (χ0) is 19.2. The first-order valence-corrected chi connectivity index (χ1v) is 8.98. The molecule has 0 aliphatic rings. The normalized spacial score (nSPS) is 10.6. The van der Waals surface area contributed by atoms with Gasteiger partial charge in [-0.05, 0) is 25.1 Å². The van der Waals surface area contributed by atoms with E-state index in [1.165, 1.54) is 0 Å². The van der Waals surface area contributed by atoms with Gasteiger partial charge in [0, 0.05) is 29.6 Å². The van der Waals surface area contributed by atoms with Crippen molar-refractivity contribution in [1.82, 2.24) is 20.4 Å². The standard InChI is InChI=1S/C18H16Cl2N4O3/c1-2-26-14-7-6-13(20)16(22-14)18(25)21-9-8-15-23-17(24-27-15)11-4-3-5-12(19)10-11/h3-7,10H,2,8-9H2,1H3,(H,21,25). The molecule has 3 aromatic rings. The first-order chi connectivity index (χ1) is 13.1. The van der Waals surface area contributed by atoms with E-state index in [0.29, 0.717) is 35.6 Å². The van der Waals surface area contributed by atoms with Crippen LogP contribution in [0, 0.1) is 0 Å². The second-order valence-corrected chi connectivity index (χ2v) is 6.28. The Morgan fingerprint density at radius 3 is 2.85 bits per heavy atom. The molecule has 9 heteroatoms. The summed E-state index contributed by atoms with van der Waals surface area (Å²) in [7, 11) is 0. The van der Waals surface area contributed by atoms with Crippen LogP contribution in [0.4, 0.5) is 0 Å². The SMILES string of the molecule is CCOc1ccc(Cl)c(C(=O)NCCc2nc(-c3cccc(Cl)c3)no2)n1. The molecular formula is C18H16Cl2N4O3. The third-order valence-electron chi connectivity index (χ3n) is 3.50. The maximum Gasteiger partial charge on any atom is 0.271 e. The summed E-state index contributed by atoms with van der Waals surface area (Å²) in [5.74, 6) is 0.770. The van der Waals surface area contributed by atoms with Gasteiger partial charge in [-0.3, -0.25) is 4.79 Å². The molecule has 1 N–H and O–H groups in total. The molecule has 0 radical (unpaired) electrons. The van der Waals surface area contributed by atoms with Crippen molar-refractivity contribution >= 4 is 29.1 Å². The minimum atomic E-state index is -0.406. The van der Waals surface area contributed by atoms with Gasteiger partial charge < -0.3 is 14.6 Å². The average molecular weight is 407 g/mol. The zero-order valence-corrected chi connectivity index (χ0v) is 15.9. The number of hydrogen-bond donors (Lipinski definition) is 1. The van der Waals surface area contributed by atoms with Crippen molar-refractivity contribution in [2.75, 3.05) is 13.2 Å². The highest BCUT2D eigenvalue weighted by molar-refractivity contribution is 6.33. The molecule has 1 aromatic carbocycles. The van der Waals surface area contributed by atoms with Crippen LogP contribution in [0.5, 0.6) is 5.88 Å². The lowest BCUT2D eigenvalue weighted by atomic mass is 10.2. The summed E-state index contributed by atoms with van der Waals surface area (Å²) in [6.07, 6.45) is 0.363. The molecule has 3 rings (SSSR count). The van der Waals surface area contributed by atoms with Crippen LogP contribution in [0.1, 0.15) is 23.3 Å². The third-order valence-corrected chi connectivity index (χ3v) is 4.04. The second kappa shape index (κ2) is 8.83. The number of carbonyl (C=O) groups excluding carboxylic acids is 1. The summed E-state index contributed by atoms with van der Waals surface area (Å²) in [5.41, 5.74) is 0.859. The van der Waals surface area contributed by atoms with Crippen LogP contribution in [0.2, 0.25) is 10.0 Å². The van der Waals surface area contributed by atoms with Gasteiger partial charge in [-0.2, -0.15) is 4.98 Å². The number of nitrogens with zero attached hydrogens (tertiary/aromatic N) is 3. The monoisotopic (exact) mass is 406 g/mol. The van der Waals surface area contributed by atoms with Gasteiger partial charge in [0.05, 0.1) is 11.6 Å². The van der Waals surface area contributed by atoms with Gasteiger partial charge in [-0.1, -0.05) is 40.5 Å². The molecule has 1 amide bonds. The van der Waals surface area contributed by atoms with Gasteiger partial charge in [0.2, 0.25) is 17.6 Å². The molecule has 0 saturated heterocycles. The number of carbonyl (C=O) groups is 1. The van der Waals surface area contributed by atoms with Gasteiger partial charge in [0.25, 0.3) is 5.91 Å². The average Bonchev–Trinajstić information content (AvgIpc) is 3.12. The van der Waals surface area contributed by atoms with Crippen LogP contribution in [0.15, 0.2) is 40.9 Å². The predicted molar refractivity (Wildman–Crippen MR) is 101 cm³/mol. The zero-order valence-electron chi connectivity index (χ0n) is 14.4. The van der Waals surface area contributed by atoms with E-state index in [-0.39, 0.29) is 17.3 Å². The number of nitrogens with one attached hydrogen (secondary N) is 1. The number of pyridine rings is 1. The maximum atomic E-state index is 12.3. The predicted octanol–water partition coefficient (Wildman–Crippen LogP) is 3.81. The van der Waals surface area contributed by atoms with Crippen LogP contribution < -0.4 is 10.1 Å². The van der Waals surface area contributed by atoms with Crippen LogP contribution in [-0.4, -0.2) is 34.2 Å². The van der Waals surface area contributed by atoms with Crippen molar-refractivity contribution in [3.8, 4) is 17.3 Å². The lowest BCUT2D eigenvalue weighted by Crippen LogP contribution is -2.27. The summed E-state index contributed by atoms with van der Waals surface area (Å²) in [6.45, 7) is 2.56. The lowest BCUT2D eigenvalue weighted by molar-refractivity contribution is 0.0947. The van der Waals surface area contributed by atoms with Crippen molar-refractivity contribution < 1.29 is 14.1 Å². The molecule has 0 unspecified atom stereocenters. The summed E-state index contributed by atoms with van der Waals surface area (Å²) in [5, 5.41) is 7.48. The van der Waals surface area contributed by atoms with Crippen molar-refractivity contribution in [2.45, 2.75) is 13.3 Å². The molecular weight excluding hydrogens is 391 g/mol. The van der Waals surface area contributed by atoms with E-state index in [0.717, 1.165) is 5.56 Å². The molecule has 0 saturated carbocycles. The fraction of sp³-hybridized carbons (Fsp3) is 0.222. The summed E-state index contributed by atoms with van der Waals surface area (Å²) in [4.78, 5) is 20.7. The molecule has 0 aliphatic carbocycles. The van der Waals surface area contributed by atoms with E-state index in [2.05, 4.69) is 20.4 Å². The Labute approximate surface area is 165 Å². The molecule has 0 aliphatic heterocycles. The molecule has 2 heterocycles. The number of rotatable bonds is 7. The van der Waals surface area contributed by atoms with Gasteiger partial charge in [0.15, 0.2) is 5.69 Å². The molecule has 0 fully saturated rings. The fourth-order valence-electron chi connectivity index (χ4n) is 2.28. The van der Waals surface area contributed by atoms with Crippen LogP contribution >= 0.6 is 23.2 Å². The number of ether oxygens (including phenoxy) is 1. The smallest absolute Gasteiger partial charge is 0.271 e. The Hall–Kier alpha value is -2.64. The van der Waals surface area contributed by atoms with E-state index >= 15 is 0 Å². The highest BCUT2D eigenvalue weighted by Crippen LogP contribution is 2.20. The van der Waals surface area contributed by atoms with Crippen LogP contribution in [0.25, 0.3) is 11.4 Å². The Kier molecular flexibility index (Phi) is 6.26. The largest absolute Gasteiger partial charge is 0.478 e. The van der Waals surface area contributed by atoms with Gasteiger partial charge in [0.1, 0.15) is 0 Å². The van der Waals surface area contributed by atoms with Crippen molar-refractivity contribution in [1.29, 1.82) is 0 Å². The van der Waals surface area contributed by atoms with Crippen molar-refractivity contribution in [2.24, 2.45) is 0 Å². The Bertz CT molecular complexity index is 946. The van der Waals surface area contributed by atoms with Crippen LogP contribution in [0.3, 0.4) is 0 Å². The van der Waals surface area contributed by atoms with Crippen LogP contribution in [-0.2, 0) is 6.42 Å². The Balaban J connectivity index is 1.59. The molecule has 140 valence electrons. The number of halogens is 2. The number of amides is 1. The highest BCUT2D eigenvalue weighted by Gasteiger charge is 2.14. The van der Waals surface area contributed by atoms with Gasteiger partial charge in [-0.25, -0.2) is 4.98 Å². The summed E-state index contributed by atoms with van der Waals surface area (Å²) in [6, 6.07) is 10.3. The molecule has 7 nitrogen and oxygen atoms in total. The molecule has 2 aromatic heterocycles. The maximum absolute atomic E-state index is 12.3. The van der Waals surface area contributed by atoms with Crippen molar-refractivity contribution in [3.63, 3.8) is 0 Å². The van der Waals surface area contributed by atoms with E-state index in [9.17, 15) is 4.79 Å². The quantitative estimate of drug-likeness (QED) is 0.641. The Morgan fingerprint density at radius 1 is 1.22 bits per heavy atom. The number of aromatic nitrogens is 3. The molecule has 27 heavy (non-hydrogen) atoms. The highest BCUT2D eigenvalue weighted by atomic mass is 35.5. The van der Waals surface area contributed by atoms with E-state index in [4.69, 9.17) is 32.5 Å². The number of hydrogen-bond acceptors (Lipinski definition) is 6. The summed E-state index contributed by atoms with van der Waals surface area (Å²) < 4.78 is 10.5.